The van der Waals surface area contributed by atoms with Gasteiger partial charge in [0, 0.05) is 31.7 Å². The molecule has 1 fully saturated rings. The number of rotatable bonds is 5. The summed E-state index contributed by atoms with van der Waals surface area (Å²) < 4.78 is 44.3. The molecule has 3 aromatic rings. The number of ether oxygens (including phenoxy) is 3. The van der Waals surface area contributed by atoms with E-state index in [0.29, 0.717) is 43.5 Å². The lowest BCUT2D eigenvalue weighted by molar-refractivity contribution is 0.174. The number of hydrogen-bond acceptors (Lipinski definition) is 8. The van der Waals surface area contributed by atoms with Gasteiger partial charge in [-0.2, -0.15) is 4.31 Å². The molecule has 0 spiro atoms. The minimum atomic E-state index is -3.67. The Morgan fingerprint density at radius 3 is 2.32 bits per heavy atom. The fraction of sp³-hybridized carbons (Fsp3) is 0.333. The smallest absolute Gasteiger partial charge is 0.246 e. The van der Waals surface area contributed by atoms with Crippen molar-refractivity contribution < 1.29 is 22.6 Å². The molecular formula is C24H26N4O5S. The number of benzene rings is 2. The van der Waals surface area contributed by atoms with Crippen LogP contribution < -0.4 is 19.1 Å². The third-order valence-electron chi connectivity index (χ3n) is 6.28. The summed E-state index contributed by atoms with van der Waals surface area (Å²) in [6, 6.07) is 12.9. The first kappa shape index (κ1) is 22.4. The molecule has 0 unspecified atom stereocenters. The van der Waals surface area contributed by atoms with Crippen LogP contribution in [0, 0.1) is 13.8 Å². The van der Waals surface area contributed by atoms with Crippen molar-refractivity contribution in [3.63, 3.8) is 0 Å². The van der Waals surface area contributed by atoms with Crippen LogP contribution in [-0.2, 0) is 10.0 Å². The van der Waals surface area contributed by atoms with Crippen molar-refractivity contribution in [1.29, 1.82) is 0 Å². The second kappa shape index (κ2) is 8.77. The fourth-order valence-electron chi connectivity index (χ4n) is 4.12. The zero-order valence-corrected chi connectivity index (χ0v) is 20.1. The van der Waals surface area contributed by atoms with Gasteiger partial charge in [-0.05, 0) is 67.4 Å². The molecule has 9 nitrogen and oxygen atoms in total. The Bertz CT molecular complexity index is 1320. The molecule has 3 heterocycles. The molecule has 2 aromatic carbocycles. The predicted octanol–water partition coefficient (Wildman–Crippen LogP) is 3.01. The molecule has 34 heavy (non-hydrogen) atoms. The number of sulfonamides is 1. The highest BCUT2D eigenvalue weighted by Crippen LogP contribution is 2.35. The Morgan fingerprint density at radius 2 is 1.62 bits per heavy atom. The molecule has 178 valence electrons. The monoisotopic (exact) mass is 482 g/mol. The first-order valence-corrected chi connectivity index (χ1v) is 12.4. The van der Waals surface area contributed by atoms with Crippen molar-refractivity contribution in [3.05, 3.63) is 53.6 Å². The topological polar surface area (TPSA) is 94.1 Å². The van der Waals surface area contributed by atoms with E-state index in [-0.39, 0.29) is 11.7 Å². The van der Waals surface area contributed by atoms with E-state index in [1.807, 2.05) is 49.1 Å². The second-order valence-corrected chi connectivity index (χ2v) is 10.2. The zero-order valence-electron chi connectivity index (χ0n) is 19.3. The van der Waals surface area contributed by atoms with Gasteiger partial charge in [-0.15, -0.1) is 10.2 Å². The summed E-state index contributed by atoms with van der Waals surface area (Å²) in [6.07, 6.45) is 0. The van der Waals surface area contributed by atoms with Gasteiger partial charge in [0.1, 0.15) is 10.6 Å². The summed E-state index contributed by atoms with van der Waals surface area (Å²) >= 11 is 0. The number of methoxy groups -OCH3 is 1. The zero-order chi connectivity index (χ0) is 23.9. The first-order valence-electron chi connectivity index (χ1n) is 11.0. The summed E-state index contributed by atoms with van der Waals surface area (Å²) in [5, 5.41) is 8.75. The third-order valence-corrected chi connectivity index (χ3v) is 8.20. The summed E-state index contributed by atoms with van der Waals surface area (Å²) in [5.74, 6) is 2.50. The summed E-state index contributed by atoms with van der Waals surface area (Å²) in [6.45, 7) is 5.80. The average molecular weight is 483 g/mol. The van der Waals surface area contributed by atoms with Gasteiger partial charge in [-0.1, -0.05) is 0 Å². The number of piperazine rings is 1. The van der Waals surface area contributed by atoms with Gasteiger partial charge in [0.15, 0.2) is 17.3 Å². The molecule has 0 N–H and O–H groups in total. The van der Waals surface area contributed by atoms with Crippen molar-refractivity contribution >= 4 is 15.8 Å². The fourth-order valence-corrected chi connectivity index (χ4v) is 5.77. The lowest BCUT2D eigenvalue weighted by atomic mass is 10.1. The van der Waals surface area contributed by atoms with E-state index >= 15 is 0 Å². The van der Waals surface area contributed by atoms with Crippen molar-refractivity contribution in [2.45, 2.75) is 18.7 Å². The number of hydrogen-bond donors (Lipinski definition) is 0. The average Bonchev–Trinajstić information content (AvgIpc) is 3.33. The highest BCUT2D eigenvalue weighted by atomic mass is 32.2. The maximum atomic E-state index is 13.3. The van der Waals surface area contributed by atoms with E-state index in [9.17, 15) is 8.42 Å². The van der Waals surface area contributed by atoms with Gasteiger partial charge in [-0.25, -0.2) is 8.42 Å². The Labute approximate surface area is 198 Å². The highest BCUT2D eigenvalue weighted by molar-refractivity contribution is 7.89. The number of anilines is 1. The molecule has 0 aliphatic carbocycles. The Hall–Kier alpha value is -3.37. The minimum Gasteiger partial charge on any atom is -0.495 e. The van der Waals surface area contributed by atoms with Crippen LogP contribution in [0.2, 0.25) is 0 Å². The van der Waals surface area contributed by atoms with Gasteiger partial charge >= 0.3 is 0 Å². The first-order chi connectivity index (χ1) is 16.4. The quantitative estimate of drug-likeness (QED) is 0.548. The van der Waals surface area contributed by atoms with Gasteiger partial charge in [-0.3, -0.25) is 0 Å². The normalized spacial score (nSPS) is 16.0. The molecule has 0 saturated carbocycles. The van der Waals surface area contributed by atoms with Crippen LogP contribution in [0.5, 0.6) is 17.2 Å². The molecule has 2 aliphatic rings. The number of nitrogens with zero attached hydrogens (tertiary/aromatic N) is 4. The van der Waals surface area contributed by atoms with Gasteiger partial charge in [0.25, 0.3) is 0 Å². The maximum absolute atomic E-state index is 13.3. The van der Waals surface area contributed by atoms with E-state index in [0.717, 1.165) is 28.1 Å². The SMILES string of the molecule is COc1cc(C)c(C)cc1S(=O)(=O)N1CCN(c2ccc(-c3ccc4c(c3)OCO4)nn2)CC1. The molecule has 1 saturated heterocycles. The number of fused-ring (bicyclic) bond motifs is 1. The predicted molar refractivity (Wildman–Crippen MR) is 127 cm³/mol. The minimum absolute atomic E-state index is 0.208. The molecule has 0 bridgehead atoms. The molecule has 0 amide bonds. The van der Waals surface area contributed by atoms with Crippen molar-refractivity contribution in [2.24, 2.45) is 0 Å². The molecule has 0 atom stereocenters. The molecule has 2 aliphatic heterocycles. The third kappa shape index (κ3) is 4.03. The van der Waals surface area contributed by atoms with Crippen molar-refractivity contribution in [3.8, 4) is 28.5 Å². The Morgan fingerprint density at radius 1 is 0.882 bits per heavy atom. The maximum Gasteiger partial charge on any atom is 0.246 e. The lowest BCUT2D eigenvalue weighted by Gasteiger charge is -2.34. The molecule has 5 rings (SSSR count). The molecule has 1 aromatic heterocycles. The van der Waals surface area contributed by atoms with Crippen molar-refractivity contribution in [1.82, 2.24) is 14.5 Å². The van der Waals surface area contributed by atoms with Crippen molar-refractivity contribution in [2.75, 3.05) is 45.0 Å². The van der Waals surface area contributed by atoms with Crippen LogP contribution in [-0.4, -0.2) is 63.0 Å². The highest BCUT2D eigenvalue weighted by Gasteiger charge is 2.31. The van der Waals surface area contributed by atoms with Crippen LogP contribution in [0.15, 0.2) is 47.4 Å². The van der Waals surface area contributed by atoms with E-state index in [2.05, 4.69) is 10.2 Å². The van der Waals surface area contributed by atoms with Gasteiger partial charge < -0.3 is 19.1 Å². The van der Waals surface area contributed by atoms with Crippen LogP contribution in [0.1, 0.15) is 11.1 Å². The van der Waals surface area contributed by atoms with E-state index in [1.54, 1.807) is 12.1 Å². The van der Waals surface area contributed by atoms with Crippen LogP contribution in [0.4, 0.5) is 5.82 Å². The molecular weight excluding hydrogens is 456 g/mol. The lowest BCUT2D eigenvalue weighted by Crippen LogP contribution is -2.49. The number of aromatic nitrogens is 2. The summed E-state index contributed by atoms with van der Waals surface area (Å²) in [4.78, 5) is 2.25. The van der Waals surface area contributed by atoms with Crippen LogP contribution in [0.3, 0.4) is 0 Å². The van der Waals surface area contributed by atoms with E-state index < -0.39 is 10.0 Å². The largest absolute Gasteiger partial charge is 0.495 e. The van der Waals surface area contributed by atoms with Crippen LogP contribution in [0.25, 0.3) is 11.3 Å². The molecule has 0 radical (unpaired) electrons. The number of aryl methyl sites for hydroxylation is 2. The summed E-state index contributed by atoms with van der Waals surface area (Å²) in [7, 11) is -2.18. The van der Waals surface area contributed by atoms with Gasteiger partial charge in [0.2, 0.25) is 16.8 Å². The second-order valence-electron chi connectivity index (χ2n) is 8.32. The van der Waals surface area contributed by atoms with Crippen LogP contribution >= 0.6 is 0 Å². The van der Waals surface area contributed by atoms with E-state index in [1.165, 1.54) is 11.4 Å². The molecule has 10 heteroatoms. The van der Waals surface area contributed by atoms with E-state index in [4.69, 9.17) is 14.2 Å². The Kier molecular flexibility index (Phi) is 5.78. The Balaban J connectivity index is 1.29. The van der Waals surface area contributed by atoms with Gasteiger partial charge in [0.05, 0.1) is 12.8 Å². The summed E-state index contributed by atoms with van der Waals surface area (Å²) in [5.41, 5.74) is 3.52. The standard InChI is InChI=1S/C24H26N4O5S/c1-16-12-22(31-3)23(13-17(16)2)34(29,30)28-10-8-27(9-11-28)24-7-5-19(25-26-24)18-4-6-20-21(14-18)33-15-32-20/h4-7,12-14H,8-11,15H2,1-3H3.